The Bertz CT molecular complexity index is 807. The number of carbonyl (C=O) groups is 1. The Morgan fingerprint density at radius 2 is 2.04 bits per heavy atom. The van der Waals surface area contributed by atoms with Gasteiger partial charge in [-0.05, 0) is 30.0 Å². The largest absolute Gasteiger partial charge is 0.361 e. The molecule has 0 bridgehead atoms. The van der Waals surface area contributed by atoms with Crippen LogP contribution in [0.1, 0.15) is 23.3 Å². The van der Waals surface area contributed by atoms with Crippen molar-refractivity contribution in [3.8, 4) is 0 Å². The van der Waals surface area contributed by atoms with Gasteiger partial charge in [-0.25, -0.2) is 0 Å². The molecule has 3 rings (SSSR count). The van der Waals surface area contributed by atoms with Gasteiger partial charge in [0.2, 0.25) is 5.91 Å². The predicted octanol–water partition coefficient (Wildman–Crippen LogP) is 3.43. The van der Waals surface area contributed by atoms with Gasteiger partial charge in [0.1, 0.15) is 0 Å². The van der Waals surface area contributed by atoms with E-state index in [0.29, 0.717) is 0 Å². The third-order valence-electron chi connectivity index (χ3n) is 4.32. The maximum absolute atomic E-state index is 12.1. The van der Waals surface area contributed by atoms with Gasteiger partial charge in [-0.3, -0.25) is 4.79 Å². The Hall–Kier alpha value is -2.11. The molecule has 4 nitrogen and oxygen atoms in total. The van der Waals surface area contributed by atoms with E-state index in [1.54, 1.807) is 30.3 Å². The van der Waals surface area contributed by atoms with Crippen molar-refractivity contribution in [3.05, 3.63) is 58.4 Å². The summed E-state index contributed by atoms with van der Waals surface area (Å²) in [5.74, 6) is 0.317. The summed E-state index contributed by atoms with van der Waals surface area (Å²) in [5.41, 5.74) is 2.41. The minimum atomic E-state index is -0.201. The van der Waals surface area contributed by atoms with Crippen molar-refractivity contribution in [1.82, 2.24) is 15.2 Å². The number of aromatic amines is 1. The summed E-state index contributed by atoms with van der Waals surface area (Å²) in [5, 5.41) is 6.75. The van der Waals surface area contributed by atoms with Crippen LogP contribution in [0.2, 0.25) is 0 Å². The maximum Gasteiger partial charge on any atom is 0.238 e. The summed E-state index contributed by atoms with van der Waals surface area (Å²) in [6, 6.07) is 12.4. The minimum Gasteiger partial charge on any atom is -0.361 e. The van der Waals surface area contributed by atoms with E-state index >= 15 is 0 Å². The number of aromatic nitrogens is 1. The summed E-state index contributed by atoms with van der Waals surface area (Å²) >= 11 is 1.75. The first-order valence-electron chi connectivity index (χ1n) is 8.12. The fraction of sp³-hybridized carbons (Fsp3) is 0.316. The molecule has 0 aliphatic carbocycles. The highest BCUT2D eigenvalue weighted by Gasteiger charge is 2.21. The maximum atomic E-state index is 12.1. The average Bonchev–Trinajstić information content (AvgIpc) is 3.24. The molecule has 0 fully saturated rings. The zero-order chi connectivity index (χ0) is 17.1. The fourth-order valence-corrected chi connectivity index (χ4v) is 3.85. The second-order valence-corrected chi connectivity index (χ2v) is 7.20. The van der Waals surface area contributed by atoms with Crippen molar-refractivity contribution < 1.29 is 4.79 Å². The van der Waals surface area contributed by atoms with Gasteiger partial charge in [-0.2, -0.15) is 0 Å². The molecule has 1 amide bonds. The van der Waals surface area contributed by atoms with Gasteiger partial charge in [0.15, 0.2) is 0 Å². The van der Waals surface area contributed by atoms with Crippen LogP contribution in [0, 0.1) is 0 Å². The van der Waals surface area contributed by atoms with Gasteiger partial charge in [0.25, 0.3) is 0 Å². The number of rotatable bonds is 6. The Labute approximate surface area is 146 Å². The minimum absolute atomic E-state index is 0.0962. The van der Waals surface area contributed by atoms with E-state index in [0.717, 1.165) is 12.1 Å². The monoisotopic (exact) mass is 341 g/mol. The molecule has 0 unspecified atom stereocenters. The molecule has 0 radical (unpaired) electrons. The van der Waals surface area contributed by atoms with Crippen molar-refractivity contribution in [2.24, 2.45) is 0 Å². The molecular weight excluding hydrogens is 318 g/mol. The fourth-order valence-electron chi connectivity index (χ4n) is 3.00. The summed E-state index contributed by atoms with van der Waals surface area (Å²) in [4.78, 5) is 18.4. The second kappa shape index (κ2) is 7.20. The van der Waals surface area contributed by atoms with Gasteiger partial charge in [-0.15, -0.1) is 11.3 Å². The van der Waals surface area contributed by atoms with Crippen LogP contribution in [-0.4, -0.2) is 42.5 Å². The number of likely N-dealkylation sites (N-methyl/N-ethyl adjacent to an activating group) is 1. The smallest absolute Gasteiger partial charge is 0.238 e. The van der Waals surface area contributed by atoms with Crippen molar-refractivity contribution >= 4 is 28.1 Å². The topological polar surface area (TPSA) is 48.1 Å². The SMILES string of the molecule is C[C@H](NC[C@@H](c1cccs1)c1c[nH]c2ccccc12)C(=O)N(C)C. The van der Waals surface area contributed by atoms with Crippen LogP contribution in [0.25, 0.3) is 10.9 Å². The number of benzene rings is 1. The first-order chi connectivity index (χ1) is 11.6. The van der Waals surface area contributed by atoms with E-state index in [1.165, 1.54) is 15.8 Å². The van der Waals surface area contributed by atoms with E-state index in [4.69, 9.17) is 0 Å². The predicted molar refractivity (Wildman–Crippen MR) is 101 cm³/mol. The van der Waals surface area contributed by atoms with Crippen LogP contribution in [-0.2, 0) is 4.79 Å². The molecule has 0 aliphatic rings. The van der Waals surface area contributed by atoms with E-state index in [1.807, 2.05) is 13.0 Å². The van der Waals surface area contributed by atoms with Crippen molar-refractivity contribution in [2.75, 3.05) is 20.6 Å². The molecule has 24 heavy (non-hydrogen) atoms. The second-order valence-electron chi connectivity index (χ2n) is 6.22. The molecule has 0 spiro atoms. The average molecular weight is 341 g/mol. The van der Waals surface area contributed by atoms with Crippen LogP contribution < -0.4 is 5.32 Å². The van der Waals surface area contributed by atoms with Crippen LogP contribution in [0.15, 0.2) is 48.0 Å². The van der Waals surface area contributed by atoms with E-state index < -0.39 is 0 Å². The molecule has 2 N–H and O–H groups in total. The van der Waals surface area contributed by atoms with Crippen LogP contribution in [0.4, 0.5) is 0 Å². The number of para-hydroxylation sites is 1. The van der Waals surface area contributed by atoms with E-state index in [2.05, 4.69) is 52.2 Å². The number of nitrogens with one attached hydrogen (secondary N) is 2. The normalized spacial score (nSPS) is 13.8. The van der Waals surface area contributed by atoms with E-state index in [-0.39, 0.29) is 17.9 Å². The molecule has 0 saturated heterocycles. The lowest BCUT2D eigenvalue weighted by atomic mass is 9.96. The number of thiophene rings is 1. The third kappa shape index (κ3) is 3.37. The molecule has 1 aromatic carbocycles. The summed E-state index contributed by atoms with van der Waals surface area (Å²) in [6.45, 7) is 2.64. The summed E-state index contributed by atoms with van der Waals surface area (Å²) in [6.07, 6.45) is 2.09. The highest BCUT2D eigenvalue weighted by atomic mass is 32.1. The lowest BCUT2D eigenvalue weighted by Crippen LogP contribution is -2.43. The highest BCUT2D eigenvalue weighted by Crippen LogP contribution is 2.32. The van der Waals surface area contributed by atoms with Gasteiger partial charge >= 0.3 is 0 Å². The molecule has 0 aliphatic heterocycles. The highest BCUT2D eigenvalue weighted by molar-refractivity contribution is 7.10. The van der Waals surface area contributed by atoms with Crippen molar-refractivity contribution in [3.63, 3.8) is 0 Å². The summed E-state index contributed by atoms with van der Waals surface area (Å²) in [7, 11) is 3.58. The van der Waals surface area contributed by atoms with Gasteiger partial charge in [0.05, 0.1) is 6.04 Å². The lowest BCUT2D eigenvalue weighted by Gasteiger charge is -2.22. The molecule has 3 aromatic rings. The van der Waals surface area contributed by atoms with Gasteiger partial charge in [0, 0.05) is 48.5 Å². The quantitative estimate of drug-likeness (QED) is 0.722. The first kappa shape index (κ1) is 16.7. The molecule has 0 saturated carbocycles. The van der Waals surface area contributed by atoms with Gasteiger partial charge in [-0.1, -0.05) is 24.3 Å². The molecule has 5 heteroatoms. The Balaban J connectivity index is 1.87. The number of nitrogens with zero attached hydrogens (tertiary/aromatic N) is 1. The third-order valence-corrected chi connectivity index (χ3v) is 5.31. The molecule has 2 heterocycles. The molecule has 2 aromatic heterocycles. The number of amides is 1. The zero-order valence-electron chi connectivity index (χ0n) is 14.2. The van der Waals surface area contributed by atoms with E-state index in [9.17, 15) is 4.79 Å². The number of fused-ring (bicyclic) bond motifs is 1. The number of H-pyrrole nitrogens is 1. The van der Waals surface area contributed by atoms with Crippen LogP contribution in [0.3, 0.4) is 0 Å². The molecular formula is C19H23N3OS. The van der Waals surface area contributed by atoms with Crippen molar-refractivity contribution in [2.45, 2.75) is 18.9 Å². The number of hydrogen-bond acceptors (Lipinski definition) is 3. The van der Waals surface area contributed by atoms with Crippen LogP contribution >= 0.6 is 11.3 Å². The molecule has 2 atom stereocenters. The standard InChI is InChI=1S/C19H23N3OS/c1-13(19(23)22(2)3)20-12-16(18-9-6-10-24-18)15-11-21-17-8-5-4-7-14(15)17/h4-11,13,16,20-21H,12H2,1-3H3/t13-,16+/m0/s1. The van der Waals surface area contributed by atoms with Gasteiger partial charge < -0.3 is 15.2 Å². The Morgan fingerprint density at radius 1 is 1.25 bits per heavy atom. The Kier molecular flexibility index (Phi) is 5.02. The van der Waals surface area contributed by atoms with Crippen LogP contribution in [0.5, 0.6) is 0 Å². The zero-order valence-corrected chi connectivity index (χ0v) is 15.1. The number of hydrogen-bond donors (Lipinski definition) is 2. The lowest BCUT2D eigenvalue weighted by molar-refractivity contribution is -0.130. The summed E-state index contributed by atoms with van der Waals surface area (Å²) < 4.78 is 0. The molecule has 126 valence electrons. The number of carbonyl (C=O) groups excluding carboxylic acids is 1. The Morgan fingerprint density at radius 3 is 2.75 bits per heavy atom. The van der Waals surface area contributed by atoms with Crippen molar-refractivity contribution in [1.29, 1.82) is 0 Å². The first-order valence-corrected chi connectivity index (χ1v) is 9.00.